The normalized spacial score (nSPS) is 11.1. The van der Waals surface area contributed by atoms with Crippen LogP contribution in [0.5, 0.6) is 5.88 Å². The number of esters is 1. The Kier molecular flexibility index (Phi) is 3.36. The van der Waals surface area contributed by atoms with E-state index in [1.807, 2.05) is 0 Å². The summed E-state index contributed by atoms with van der Waals surface area (Å²) in [5.74, 6) is -1.22. The van der Waals surface area contributed by atoms with Crippen LogP contribution in [0.1, 0.15) is 16.1 Å². The van der Waals surface area contributed by atoms with E-state index < -0.39 is 23.7 Å². The van der Waals surface area contributed by atoms with Crippen molar-refractivity contribution in [3.63, 3.8) is 0 Å². The highest BCUT2D eigenvalue weighted by Gasteiger charge is 2.33. The zero-order valence-corrected chi connectivity index (χ0v) is 8.46. The molecule has 1 aromatic heterocycles. The minimum absolute atomic E-state index is 0.155. The summed E-state index contributed by atoms with van der Waals surface area (Å²) < 4.78 is 45.8. The molecule has 0 atom stereocenters. The van der Waals surface area contributed by atoms with Gasteiger partial charge in [-0.2, -0.15) is 13.2 Å². The van der Waals surface area contributed by atoms with Gasteiger partial charge in [-0.1, -0.05) is 0 Å². The van der Waals surface area contributed by atoms with Gasteiger partial charge in [0.2, 0.25) is 5.88 Å². The first kappa shape index (κ1) is 12.3. The minimum Gasteiger partial charge on any atom is -0.480 e. The third-order valence-corrected chi connectivity index (χ3v) is 1.75. The van der Waals surface area contributed by atoms with E-state index >= 15 is 0 Å². The molecule has 0 amide bonds. The van der Waals surface area contributed by atoms with Gasteiger partial charge in [-0.3, -0.25) is 0 Å². The topological polar surface area (TPSA) is 48.4 Å². The number of hydrogen-bond donors (Lipinski definition) is 0. The van der Waals surface area contributed by atoms with E-state index in [0.717, 1.165) is 20.3 Å². The van der Waals surface area contributed by atoms with Crippen LogP contribution in [0.2, 0.25) is 0 Å². The van der Waals surface area contributed by atoms with E-state index in [9.17, 15) is 18.0 Å². The number of nitrogens with zero attached hydrogens (tertiary/aromatic N) is 1. The second-order valence-electron chi connectivity index (χ2n) is 2.74. The van der Waals surface area contributed by atoms with Crippen molar-refractivity contribution in [2.45, 2.75) is 6.18 Å². The Bertz CT molecular complexity index is 403. The van der Waals surface area contributed by atoms with Gasteiger partial charge in [0.05, 0.1) is 14.2 Å². The number of carbonyl (C=O) groups is 1. The number of halogens is 3. The highest BCUT2D eigenvalue weighted by Crippen LogP contribution is 2.30. The summed E-state index contributed by atoms with van der Waals surface area (Å²) >= 11 is 0. The van der Waals surface area contributed by atoms with Crippen molar-refractivity contribution in [3.8, 4) is 5.88 Å². The number of rotatable bonds is 2. The fourth-order valence-corrected chi connectivity index (χ4v) is 1.02. The van der Waals surface area contributed by atoms with Crippen molar-refractivity contribution >= 4 is 5.97 Å². The summed E-state index contributed by atoms with van der Waals surface area (Å²) in [6, 6.07) is 1.65. The Morgan fingerprint density at radius 2 is 1.94 bits per heavy atom. The molecule has 16 heavy (non-hydrogen) atoms. The number of ether oxygens (including phenoxy) is 2. The maximum atomic E-state index is 12.3. The summed E-state index contributed by atoms with van der Waals surface area (Å²) in [4.78, 5) is 14.3. The monoisotopic (exact) mass is 235 g/mol. The third-order valence-electron chi connectivity index (χ3n) is 1.75. The van der Waals surface area contributed by atoms with E-state index in [0.29, 0.717) is 6.07 Å². The van der Waals surface area contributed by atoms with Gasteiger partial charge in [0.25, 0.3) is 0 Å². The lowest BCUT2D eigenvalue weighted by molar-refractivity contribution is -0.141. The fourth-order valence-electron chi connectivity index (χ4n) is 1.02. The number of alkyl halides is 3. The maximum Gasteiger partial charge on any atom is 0.433 e. The molecule has 0 spiro atoms. The summed E-state index contributed by atoms with van der Waals surface area (Å²) in [6.07, 6.45) is -4.58. The van der Waals surface area contributed by atoms with E-state index in [-0.39, 0.29) is 5.56 Å². The fraction of sp³-hybridized carbons (Fsp3) is 0.333. The molecule has 1 heterocycles. The standard InChI is InChI=1S/C9H8F3NO3/c1-15-7-5(8(14)16-2)3-4-6(13-7)9(10,11)12/h3-4H,1-2H3. The van der Waals surface area contributed by atoms with Crippen LogP contribution in [0.25, 0.3) is 0 Å². The molecular formula is C9H8F3NO3. The molecule has 7 heteroatoms. The predicted molar refractivity (Wildman–Crippen MR) is 47.1 cm³/mol. The summed E-state index contributed by atoms with van der Waals surface area (Å²) in [6.45, 7) is 0. The Labute approximate surface area is 89.0 Å². The SMILES string of the molecule is COC(=O)c1ccc(C(F)(F)F)nc1OC. The number of aromatic nitrogens is 1. The molecule has 0 aliphatic heterocycles. The van der Waals surface area contributed by atoms with Crippen LogP contribution in [0, 0.1) is 0 Å². The lowest BCUT2D eigenvalue weighted by Crippen LogP contribution is -2.12. The van der Waals surface area contributed by atoms with Gasteiger partial charge in [-0.15, -0.1) is 0 Å². The van der Waals surface area contributed by atoms with Crippen LogP contribution in [0.3, 0.4) is 0 Å². The second-order valence-corrected chi connectivity index (χ2v) is 2.74. The number of methoxy groups -OCH3 is 2. The van der Waals surface area contributed by atoms with Crippen molar-refractivity contribution in [3.05, 3.63) is 23.4 Å². The van der Waals surface area contributed by atoms with Crippen molar-refractivity contribution in [1.82, 2.24) is 4.98 Å². The first-order valence-corrected chi connectivity index (χ1v) is 4.10. The van der Waals surface area contributed by atoms with Gasteiger partial charge < -0.3 is 9.47 Å². The van der Waals surface area contributed by atoms with Crippen molar-refractivity contribution in [2.24, 2.45) is 0 Å². The van der Waals surface area contributed by atoms with E-state index in [4.69, 9.17) is 0 Å². The van der Waals surface area contributed by atoms with E-state index in [2.05, 4.69) is 14.5 Å². The Morgan fingerprint density at radius 3 is 2.38 bits per heavy atom. The molecule has 0 aliphatic carbocycles. The van der Waals surface area contributed by atoms with Crippen LogP contribution in [-0.2, 0) is 10.9 Å². The molecule has 1 rings (SSSR count). The summed E-state index contributed by atoms with van der Waals surface area (Å²) in [5.41, 5.74) is -1.28. The van der Waals surface area contributed by atoms with Crippen LogP contribution < -0.4 is 4.74 Å². The second kappa shape index (κ2) is 4.38. The molecule has 0 saturated carbocycles. The summed E-state index contributed by atoms with van der Waals surface area (Å²) in [5, 5.41) is 0. The molecule has 0 N–H and O–H groups in total. The Hall–Kier alpha value is -1.79. The molecule has 0 unspecified atom stereocenters. The lowest BCUT2D eigenvalue weighted by Gasteiger charge is -2.09. The van der Waals surface area contributed by atoms with E-state index in [1.54, 1.807) is 0 Å². The molecule has 88 valence electrons. The first-order valence-electron chi connectivity index (χ1n) is 4.10. The zero-order valence-electron chi connectivity index (χ0n) is 8.46. The third kappa shape index (κ3) is 2.41. The molecule has 1 aromatic rings. The minimum atomic E-state index is -4.58. The van der Waals surface area contributed by atoms with Crippen LogP contribution in [0.15, 0.2) is 12.1 Å². The average molecular weight is 235 g/mol. The van der Waals surface area contributed by atoms with Gasteiger partial charge in [0, 0.05) is 0 Å². The predicted octanol–water partition coefficient (Wildman–Crippen LogP) is 1.90. The molecule has 0 saturated heterocycles. The summed E-state index contributed by atoms with van der Waals surface area (Å²) in [7, 11) is 2.23. The molecule has 0 aliphatic rings. The van der Waals surface area contributed by atoms with Crippen molar-refractivity contribution < 1.29 is 27.4 Å². The smallest absolute Gasteiger partial charge is 0.433 e. The number of pyridine rings is 1. The van der Waals surface area contributed by atoms with Gasteiger partial charge in [0.15, 0.2) is 0 Å². The van der Waals surface area contributed by atoms with Gasteiger partial charge >= 0.3 is 12.1 Å². The molecule has 0 radical (unpaired) electrons. The quantitative estimate of drug-likeness (QED) is 0.734. The molecular weight excluding hydrogens is 227 g/mol. The van der Waals surface area contributed by atoms with Gasteiger partial charge in [-0.05, 0) is 12.1 Å². The van der Waals surface area contributed by atoms with Crippen LogP contribution in [0.4, 0.5) is 13.2 Å². The zero-order chi connectivity index (χ0) is 12.3. The van der Waals surface area contributed by atoms with Gasteiger partial charge in [-0.25, -0.2) is 9.78 Å². The highest BCUT2D eigenvalue weighted by atomic mass is 19.4. The maximum absolute atomic E-state index is 12.3. The van der Waals surface area contributed by atoms with Crippen LogP contribution >= 0.6 is 0 Å². The van der Waals surface area contributed by atoms with Crippen molar-refractivity contribution in [2.75, 3.05) is 14.2 Å². The molecule has 0 fully saturated rings. The molecule has 4 nitrogen and oxygen atoms in total. The number of hydrogen-bond acceptors (Lipinski definition) is 4. The van der Waals surface area contributed by atoms with E-state index in [1.165, 1.54) is 0 Å². The highest BCUT2D eigenvalue weighted by molar-refractivity contribution is 5.91. The molecule has 0 aromatic carbocycles. The van der Waals surface area contributed by atoms with Crippen LogP contribution in [-0.4, -0.2) is 25.2 Å². The van der Waals surface area contributed by atoms with Crippen molar-refractivity contribution in [1.29, 1.82) is 0 Å². The Balaban J connectivity index is 3.22. The average Bonchev–Trinajstić information content (AvgIpc) is 2.26. The largest absolute Gasteiger partial charge is 0.480 e. The molecule has 0 bridgehead atoms. The van der Waals surface area contributed by atoms with Gasteiger partial charge in [0.1, 0.15) is 11.3 Å². The Morgan fingerprint density at radius 1 is 1.31 bits per heavy atom. The lowest BCUT2D eigenvalue weighted by atomic mass is 10.2. The first-order chi connectivity index (χ1) is 7.40. The number of carbonyl (C=O) groups excluding carboxylic acids is 1.